The number of ether oxygens (including phenoxy) is 2. The molecule has 1 aliphatic heterocycles. The standard InChI is InChI=1S/C26H26ClN3O5S/c1-4-34-20-9-7-6-8-17(20)22-18(13-28)25(30-24(32)23(22)26(33)35-5-2)36-14-21(31)29-16-11-10-15(3)19(27)12-16/h6-12,22-23H,4-5,14H2,1-3H3,(H,29,31)(H,30,32)/t22-,23-/m1/s1. The first-order chi connectivity index (χ1) is 17.3. The average molecular weight is 528 g/mol. The number of benzene rings is 2. The average Bonchev–Trinajstić information content (AvgIpc) is 2.85. The van der Waals surface area contributed by atoms with Gasteiger partial charge >= 0.3 is 5.97 Å². The van der Waals surface area contributed by atoms with E-state index in [1.54, 1.807) is 49.4 Å². The minimum Gasteiger partial charge on any atom is -0.494 e. The second kappa shape index (κ2) is 12.5. The van der Waals surface area contributed by atoms with Crippen LogP contribution in [0.25, 0.3) is 0 Å². The Balaban J connectivity index is 1.94. The zero-order valence-corrected chi connectivity index (χ0v) is 21.7. The van der Waals surface area contributed by atoms with Crippen LogP contribution in [-0.4, -0.2) is 36.8 Å². The monoisotopic (exact) mass is 527 g/mol. The van der Waals surface area contributed by atoms with Crippen LogP contribution in [0, 0.1) is 24.2 Å². The van der Waals surface area contributed by atoms with Crippen molar-refractivity contribution in [3.63, 3.8) is 0 Å². The second-order valence-corrected chi connectivity index (χ2v) is 9.22. The SMILES string of the molecule is CCOC(=O)[C@H]1C(=O)NC(SCC(=O)Nc2ccc(C)c(Cl)c2)=C(C#N)[C@H]1c1ccccc1OCC. The summed E-state index contributed by atoms with van der Waals surface area (Å²) in [6, 6.07) is 14.3. The van der Waals surface area contributed by atoms with Gasteiger partial charge in [0, 0.05) is 22.2 Å². The van der Waals surface area contributed by atoms with Gasteiger partial charge in [0.2, 0.25) is 11.8 Å². The number of allylic oxidation sites excluding steroid dienone is 1. The fraction of sp³-hybridized carbons (Fsp3) is 0.308. The number of nitrogens with zero attached hydrogens (tertiary/aromatic N) is 1. The number of hydrogen-bond acceptors (Lipinski definition) is 7. The van der Waals surface area contributed by atoms with Gasteiger partial charge in [-0.15, -0.1) is 0 Å². The van der Waals surface area contributed by atoms with Crippen molar-refractivity contribution in [1.29, 1.82) is 5.26 Å². The quantitative estimate of drug-likeness (QED) is 0.363. The zero-order valence-electron chi connectivity index (χ0n) is 20.1. The van der Waals surface area contributed by atoms with Crippen LogP contribution in [0.5, 0.6) is 5.75 Å². The van der Waals surface area contributed by atoms with Crippen LogP contribution in [-0.2, 0) is 19.1 Å². The minimum atomic E-state index is -1.28. The van der Waals surface area contributed by atoms with E-state index in [-0.39, 0.29) is 28.9 Å². The van der Waals surface area contributed by atoms with Crippen molar-refractivity contribution in [2.24, 2.45) is 5.92 Å². The number of thioether (sulfide) groups is 1. The second-order valence-electron chi connectivity index (χ2n) is 7.82. The van der Waals surface area contributed by atoms with Gasteiger partial charge < -0.3 is 20.1 Å². The van der Waals surface area contributed by atoms with Gasteiger partial charge in [0.1, 0.15) is 11.7 Å². The van der Waals surface area contributed by atoms with Crippen LogP contribution in [0.2, 0.25) is 5.02 Å². The van der Waals surface area contributed by atoms with Crippen LogP contribution < -0.4 is 15.4 Å². The van der Waals surface area contributed by atoms with Crippen molar-refractivity contribution in [3.8, 4) is 11.8 Å². The molecule has 36 heavy (non-hydrogen) atoms. The highest BCUT2D eigenvalue weighted by molar-refractivity contribution is 8.03. The van der Waals surface area contributed by atoms with E-state index in [9.17, 15) is 19.6 Å². The van der Waals surface area contributed by atoms with Crippen LogP contribution >= 0.6 is 23.4 Å². The number of carbonyl (C=O) groups excluding carboxylic acids is 3. The van der Waals surface area contributed by atoms with Gasteiger partial charge in [0.25, 0.3) is 0 Å². The van der Waals surface area contributed by atoms with Gasteiger partial charge in [0.05, 0.1) is 35.6 Å². The lowest BCUT2D eigenvalue weighted by Crippen LogP contribution is -2.44. The molecule has 2 aromatic carbocycles. The Morgan fingerprint density at radius 3 is 2.61 bits per heavy atom. The molecule has 0 radical (unpaired) electrons. The first-order valence-electron chi connectivity index (χ1n) is 11.3. The summed E-state index contributed by atoms with van der Waals surface area (Å²) in [5.41, 5.74) is 2.08. The summed E-state index contributed by atoms with van der Waals surface area (Å²) >= 11 is 7.13. The number of para-hydroxylation sites is 1. The third-order valence-corrected chi connectivity index (χ3v) is 6.85. The highest BCUT2D eigenvalue weighted by Gasteiger charge is 2.45. The molecule has 0 spiro atoms. The number of nitrogens with one attached hydrogen (secondary N) is 2. The number of halogens is 1. The van der Waals surface area contributed by atoms with Crippen molar-refractivity contribution in [2.75, 3.05) is 24.3 Å². The Morgan fingerprint density at radius 2 is 1.94 bits per heavy atom. The topological polar surface area (TPSA) is 118 Å². The summed E-state index contributed by atoms with van der Waals surface area (Å²) in [6.45, 7) is 5.75. The van der Waals surface area contributed by atoms with Crippen LogP contribution in [0.3, 0.4) is 0 Å². The molecule has 0 unspecified atom stereocenters. The molecule has 0 fully saturated rings. The number of rotatable bonds is 9. The molecule has 1 heterocycles. The maximum absolute atomic E-state index is 13.1. The number of carbonyl (C=O) groups is 3. The number of nitriles is 1. The van der Waals surface area contributed by atoms with Gasteiger partial charge in [-0.3, -0.25) is 14.4 Å². The molecule has 0 saturated heterocycles. The number of amides is 2. The molecule has 2 amide bonds. The van der Waals surface area contributed by atoms with Crippen LogP contribution in [0.15, 0.2) is 53.1 Å². The molecule has 0 aliphatic carbocycles. The molecule has 2 aromatic rings. The van der Waals surface area contributed by atoms with E-state index in [1.165, 1.54) is 0 Å². The van der Waals surface area contributed by atoms with Gasteiger partial charge in [-0.05, 0) is 44.5 Å². The molecule has 0 saturated carbocycles. The van der Waals surface area contributed by atoms with E-state index in [2.05, 4.69) is 16.7 Å². The summed E-state index contributed by atoms with van der Waals surface area (Å²) in [5, 5.41) is 16.2. The van der Waals surface area contributed by atoms with Crippen molar-refractivity contribution in [3.05, 3.63) is 69.2 Å². The van der Waals surface area contributed by atoms with E-state index in [4.69, 9.17) is 21.1 Å². The number of aryl methyl sites for hydroxylation is 1. The molecule has 8 nitrogen and oxygen atoms in total. The van der Waals surface area contributed by atoms with Crippen molar-refractivity contribution < 1.29 is 23.9 Å². The molecular formula is C26H26ClN3O5S. The highest BCUT2D eigenvalue weighted by atomic mass is 35.5. The van der Waals surface area contributed by atoms with Crippen molar-refractivity contribution >= 4 is 46.8 Å². The number of anilines is 1. The van der Waals surface area contributed by atoms with E-state index in [0.717, 1.165) is 17.3 Å². The highest BCUT2D eigenvalue weighted by Crippen LogP contribution is 2.43. The third-order valence-electron chi connectivity index (χ3n) is 5.43. The zero-order chi connectivity index (χ0) is 26.2. The molecule has 188 valence electrons. The van der Waals surface area contributed by atoms with Gasteiger partial charge in [-0.1, -0.05) is 47.6 Å². The predicted octanol–water partition coefficient (Wildman–Crippen LogP) is 4.55. The van der Waals surface area contributed by atoms with Crippen molar-refractivity contribution in [2.45, 2.75) is 26.7 Å². The lowest BCUT2D eigenvalue weighted by atomic mass is 9.78. The van der Waals surface area contributed by atoms with Crippen LogP contribution in [0.1, 0.15) is 30.9 Å². The first kappa shape index (κ1) is 27.1. The van der Waals surface area contributed by atoms with Crippen LogP contribution in [0.4, 0.5) is 5.69 Å². The van der Waals surface area contributed by atoms with Gasteiger partial charge in [0.15, 0.2) is 0 Å². The molecule has 2 N–H and O–H groups in total. The summed E-state index contributed by atoms with van der Waals surface area (Å²) in [4.78, 5) is 38.5. The van der Waals surface area contributed by atoms with Gasteiger partial charge in [-0.25, -0.2) is 0 Å². The molecule has 3 rings (SSSR count). The normalized spacial score (nSPS) is 17.1. The van der Waals surface area contributed by atoms with Gasteiger partial charge in [-0.2, -0.15) is 5.26 Å². The largest absolute Gasteiger partial charge is 0.494 e. The molecule has 2 atom stereocenters. The Kier molecular flexibility index (Phi) is 9.39. The lowest BCUT2D eigenvalue weighted by Gasteiger charge is -2.32. The lowest BCUT2D eigenvalue weighted by molar-refractivity contribution is -0.152. The molecule has 0 bridgehead atoms. The Morgan fingerprint density at radius 1 is 1.19 bits per heavy atom. The maximum atomic E-state index is 13.1. The summed E-state index contributed by atoms with van der Waals surface area (Å²) < 4.78 is 10.9. The smallest absolute Gasteiger partial charge is 0.319 e. The fourth-order valence-corrected chi connectivity index (χ4v) is 4.82. The van der Waals surface area contributed by atoms with E-state index >= 15 is 0 Å². The first-order valence-corrected chi connectivity index (χ1v) is 12.7. The molecule has 0 aromatic heterocycles. The Bertz CT molecular complexity index is 1240. The minimum absolute atomic E-state index is 0.0822. The Hall–Kier alpha value is -3.48. The van der Waals surface area contributed by atoms with E-state index in [0.29, 0.717) is 28.6 Å². The van der Waals surface area contributed by atoms with Crippen molar-refractivity contribution in [1.82, 2.24) is 5.32 Å². The summed E-state index contributed by atoms with van der Waals surface area (Å²) in [7, 11) is 0. The van der Waals surface area contributed by atoms with E-state index in [1.807, 2.05) is 13.8 Å². The fourth-order valence-electron chi connectivity index (χ4n) is 3.79. The molecule has 10 heteroatoms. The molecular weight excluding hydrogens is 502 g/mol. The van der Waals surface area contributed by atoms with E-state index < -0.39 is 23.7 Å². The summed E-state index contributed by atoms with van der Waals surface area (Å²) in [5.74, 6) is -3.55. The number of esters is 1. The summed E-state index contributed by atoms with van der Waals surface area (Å²) in [6.07, 6.45) is 0. The Labute approximate surface area is 219 Å². The number of hydrogen-bond donors (Lipinski definition) is 2. The predicted molar refractivity (Wildman–Crippen MR) is 139 cm³/mol. The maximum Gasteiger partial charge on any atom is 0.319 e. The third kappa shape index (κ3) is 6.20. The molecule has 1 aliphatic rings.